The third kappa shape index (κ3) is 2.71. The first-order chi connectivity index (χ1) is 8.90. The Morgan fingerprint density at radius 2 is 2.11 bits per heavy atom. The van der Waals surface area contributed by atoms with Crippen LogP contribution in [0.5, 0.6) is 0 Å². The molecule has 0 saturated heterocycles. The van der Waals surface area contributed by atoms with Crippen molar-refractivity contribution >= 4 is 21.7 Å². The first kappa shape index (κ1) is 13.0. The maximum atomic E-state index is 13.2. The van der Waals surface area contributed by atoms with Crippen LogP contribution >= 0.6 is 0 Å². The lowest BCUT2D eigenvalue weighted by Gasteiger charge is -2.07. The fourth-order valence-electron chi connectivity index (χ4n) is 1.36. The topological polar surface area (TPSA) is 112 Å². The van der Waals surface area contributed by atoms with E-state index in [0.717, 1.165) is 18.2 Å². The van der Waals surface area contributed by atoms with Gasteiger partial charge in [0, 0.05) is 5.69 Å². The molecule has 0 radical (unpaired) electrons. The van der Waals surface area contributed by atoms with Gasteiger partial charge in [-0.25, -0.2) is 9.18 Å². The highest BCUT2D eigenvalue weighted by molar-refractivity contribution is 7.92. The summed E-state index contributed by atoms with van der Waals surface area (Å²) in [4.78, 5) is 10.7. The van der Waals surface area contributed by atoms with E-state index in [4.69, 9.17) is 5.11 Å². The Kier molecular flexibility index (Phi) is 3.21. The lowest BCUT2D eigenvalue weighted by Crippen LogP contribution is -2.14. The number of hydrogen-bond acceptors (Lipinski definition) is 4. The van der Waals surface area contributed by atoms with E-state index < -0.39 is 27.4 Å². The number of anilines is 1. The average Bonchev–Trinajstić information content (AvgIpc) is 2.85. The number of carbonyl (C=O) groups is 1. The number of aromatic amines is 1. The molecule has 0 amide bonds. The SMILES string of the molecule is O=C(O)c1cc(NS(=O)(=O)c2ccn[nH]2)ccc1F. The van der Waals surface area contributed by atoms with Gasteiger partial charge in [-0.1, -0.05) is 0 Å². The Morgan fingerprint density at radius 1 is 1.37 bits per heavy atom. The van der Waals surface area contributed by atoms with Gasteiger partial charge in [-0.3, -0.25) is 9.82 Å². The van der Waals surface area contributed by atoms with Gasteiger partial charge in [0.15, 0.2) is 5.03 Å². The van der Waals surface area contributed by atoms with Crippen molar-refractivity contribution in [2.75, 3.05) is 4.72 Å². The molecule has 0 bridgehead atoms. The molecule has 0 aliphatic carbocycles. The van der Waals surface area contributed by atoms with E-state index in [1.54, 1.807) is 0 Å². The number of hydrogen-bond donors (Lipinski definition) is 3. The minimum Gasteiger partial charge on any atom is -0.478 e. The molecule has 19 heavy (non-hydrogen) atoms. The van der Waals surface area contributed by atoms with Crippen LogP contribution in [0.3, 0.4) is 0 Å². The molecule has 7 nitrogen and oxygen atoms in total. The van der Waals surface area contributed by atoms with E-state index in [-0.39, 0.29) is 10.7 Å². The average molecular weight is 285 g/mol. The second-order valence-corrected chi connectivity index (χ2v) is 5.18. The number of aromatic carboxylic acids is 1. The van der Waals surface area contributed by atoms with Crippen molar-refractivity contribution < 1.29 is 22.7 Å². The molecule has 3 N–H and O–H groups in total. The second kappa shape index (κ2) is 4.69. The highest BCUT2D eigenvalue weighted by Crippen LogP contribution is 2.18. The van der Waals surface area contributed by atoms with Gasteiger partial charge in [-0.15, -0.1) is 0 Å². The number of halogens is 1. The van der Waals surface area contributed by atoms with Crippen LogP contribution in [0.1, 0.15) is 10.4 Å². The number of carboxylic acid groups (broad SMARTS) is 1. The van der Waals surface area contributed by atoms with Crippen LogP contribution in [0.25, 0.3) is 0 Å². The number of aromatic nitrogens is 2. The first-order valence-corrected chi connectivity index (χ1v) is 6.43. The molecule has 0 aliphatic heterocycles. The van der Waals surface area contributed by atoms with Crippen LogP contribution in [-0.2, 0) is 10.0 Å². The van der Waals surface area contributed by atoms with E-state index in [2.05, 4.69) is 14.9 Å². The number of H-pyrrole nitrogens is 1. The maximum absolute atomic E-state index is 13.2. The third-order valence-corrected chi connectivity index (χ3v) is 3.52. The van der Waals surface area contributed by atoms with Crippen LogP contribution in [-0.4, -0.2) is 29.7 Å². The second-order valence-electron chi connectivity index (χ2n) is 3.53. The Morgan fingerprint density at radius 3 is 2.68 bits per heavy atom. The van der Waals surface area contributed by atoms with E-state index >= 15 is 0 Å². The predicted octanol–water partition coefficient (Wildman–Crippen LogP) is 1.05. The number of rotatable bonds is 4. The summed E-state index contributed by atoms with van der Waals surface area (Å²) in [7, 11) is -3.91. The number of sulfonamides is 1. The predicted molar refractivity (Wildman–Crippen MR) is 62.8 cm³/mol. The molecule has 2 rings (SSSR count). The van der Waals surface area contributed by atoms with Crippen LogP contribution in [0.15, 0.2) is 35.5 Å². The summed E-state index contributed by atoms with van der Waals surface area (Å²) in [5.74, 6) is -2.43. The number of nitrogens with zero attached hydrogens (tertiary/aromatic N) is 1. The summed E-state index contributed by atoms with van der Waals surface area (Å²) in [5.41, 5.74) is -0.682. The normalized spacial score (nSPS) is 11.2. The summed E-state index contributed by atoms with van der Waals surface area (Å²) in [6.45, 7) is 0. The largest absolute Gasteiger partial charge is 0.478 e. The molecule has 1 heterocycles. The van der Waals surface area contributed by atoms with Gasteiger partial charge in [-0.05, 0) is 24.3 Å². The van der Waals surface area contributed by atoms with Gasteiger partial charge < -0.3 is 5.11 Å². The fourth-order valence-corrected chi connectivity index (χ4v) is 2.32. The minimum absolute atomic E-state index is 0.0617. The zero-order valence-corrected chi connectivity index (χ0v) is 10.1. The van der Waals surface area contributed by atoms with Gasteiger partial charge in [-0.2, -0.15) is 13.5 Å². The van der Waals surface area contributed by atoms with Gasteiger partial charge >= 0.3 is 5.97 Å². The van der Waals surface area contributed by atoms with Crippen molar-refractivity contribution in [1.82, 2.24) is 10.2 Å². The molecule has 0 spiro atoms. The van der Waals surface area contributed by atoms with E-state index in [9.17, 15) is 17.6 Å². The number of carboxylic acids is 1. The summed E-state index contributed by atoms with van der Waals surface area (Å²) >= 11 is 0. The smallest absolute Gasteiger partial charge is 0.338 e. The Balaban J connectivity index is 2.35. The van der Waals surface area contributed by atoms with Gasteiger partial charge in [0.2, 0.25) is 0 Å². The van der Waals surface area contributed by atoms with Crippen molar-refractivity contribution in [2.24, 2.45) is 0 Å². The monoisotopic (exact) mass is 285 g/mol. The summed E-state index contributed by atoms with van der Waals surface area (Å²) in [6.07, 6.45) is 1.25. The van der Waals surface area contributed by atoms with E-state index in [1.165, 1.54) is 12.3 Å². The van der Waals surface area contributed by atoms with Crippen molar-refractivity contribution in [3.63, 3.8) is 0 Å². The highest BCUT2D eigenvalue weighted by Gasteiger charge is 2.17. The molecular weight excluding hydrogens is 277 g/mol. The lowest BCUT2D eigenvalue weighted by molar-refractivity contribution is 0.0692. The van der Waals surface area contributed by atoms with Gasteiger partial charge in [0.25, 0.3) is 10.0 Å². The van der Waals surface area contributed by atoms with E-state index in [1.807, 2.05) is 0 Å². The van der Waals surface area contributed by atoms with Crippen LogP contribution in [0.2, 0.25) is 0 Å². The molecule has 1 aromatic carbocycles. The third-order valence-electron chi connectivity index (χ3n) is 2.21. The summed E-state index contributed by atoms with van der Waals surface area (Å²) in [5, 5.41) is 14.3. The molecule has 2 aromatic rings. The molecule has 0 fully saturated rings. The molecule has 0 unspecified atom stereocenters. The van der Waals surface area contributed by atoms with Gasteiger partial charge in [0.1, 0.15) is 5.82 Å². The number of benzene rings is 1. The number of nitrogens with one attached hydrogen (secondary N) is 2. The quantitative estimate of drug-likeness (QED) is 0.777. The highest BCUT2D eigenvalue weighted by atomic mass is 32.2. The minimum atomic E-state index is -3.91. The molecule has 1 aromatic heterocycles. The van der Waals surface area contributed by atoms with Crippen LogP contribution < -0.4 is 4.72 Å². The van der Waals surface area contributed by atoms with Crippen LogP contribution in [0, 0.1) is 5.82 Å². The zero-order valence-electron chi connectivity index (χ0n) is 9.29. The Labute approximate surface area is 107 Å². The molecule has 0 saturated carbocycles. The maximum Gasteiger partial charge on any atom is 0.338 e. The van der Waals surface area contributed by atoms with E-state index in [0.29, 0.717) is 0 Å². The Bertz CT molecular complexity index is 712. The summed E-state index contributed by atoms with van der Waals surface area (Å²) in [6, 6.07) is 4.11. The van der Waals surface area contributed by atoms with Crippen molar-refractivity contribution in [1.29, 1.82) is 0 Å². The Hall–Kier alpha value is -2.42. The molecule has 100 valence electrons. The van der Waals surface area contributed by atoms with Crippen molar-refractivity contribution in [3.8, 4) is 0 Å². The molecular formula is C10H8FN3O4S. The van der Waals surface area contributed by atoms with Crippen molar-refractivity contribution in [2.45, 2.75) is 5.03 Å². The standard InChI is InChI=1S/C10H8FN3O4S/c11-8-2-1-6(5-7(8)10(15)16)14-19(17,18)9-3-4-12-13-9/h1-5,14H,(H,12,13)(H,15,16). The first-order valence-electron chi connectivity index (χ1n) is 4.95. The van der Waals surface area contributed by atoms with Crippen LogP contribution in [0.4, 0.5) is 10.1 Å². The lowest BCUT2D eigenvalue weighted by atomic mass is 10.2. The molecule has 0 atom stereocenters. The fraction of sp³-hybridized carbons (Fsp3) is 0. The molecule has 0 aliphatic rings. The van der Waals surface area contributed by atoms with Crippen molar-refractivity contribution in [3.05, 3.63) is 41.8 Å². The zero-order chi connectivity index (χ0) is 14.0. The van der Waals surface area contributed by atoms with Gasteiger partial charge in [0.05, 0.1) is 11.8 Å². The summed E-state index contributed by atoms with van der Waals surface area (Å²) < 4.78 is 38.9. The molecule has 9 heteroatoms.